The van der Waals surface area contributed by atoms with Crippen molar-refractivity contribution >= 4 is 5.97 Å². The number of benzene rings is 1. The van der Waals surface area contributed by atoms with Gasteiger partial charge in [0, 0.05) is 5.56 Å². The summed E-state index contributed by atoms with van der Waals surface area (Å²) in [5.74, 6) is -1.19. The molecule has 1 rings (SSSR count). The van der Waals surface area contributed by atoms with Gasteiger partial charge in [-0.05, 0) is 18.6 Å². The number of phenolic OH excluding ortho intramolecular Hbond substituents is 1. The van der Waals surface area contributed by atoms with Gasteiger partial charge in [0.25, 0.3) is 0 Å². The Morgan fingerprint density at radius 3 is 2.64 bits per heavy atom. The van der Waals surface area contributed by atoms with Crippen molar-refractivity contribution in [1.29, 1.82) is 5.26 Å². The van der Waals surface area contributed by atoms with Gasteiger partial charge in [-0.15, -0.1) is 0 Å². The van der Waals surface area contributed by atoms with E-state index in [0.717, 1.165) is 0 Å². The second kappa shape index (κ2) is 3.79. The lowest BCUT2D eigenvalue weighted by atomic mass is 9.99. The van der Waals surface area contributed by atoms with E-state index in [1.54, 1.807) is 13.0 Å². The molecule has 0 aromatic heterocycles. The summed E-state index contributed by atoms with van der Waals surface area (Å²) in [4.78, 5) is 10.7. The first-order valence-electron chi connectivity index (χ1n) is 4.10. The quantitative estimate of drug-likeness (QED) is 0.742. The fourth-order valence-corrected chi connectivity index (χ4v) is 1.30. The van der Waals surface area contributed by atoms with Crippen molar-refractivity contribution in [3.05, 3.63) is 28.8 Å². The van der Waals surface area contributed by atoms with E-state index in [9.17, 15) is 9.90 Å². The minimum Gasteiger partial charge on any atom is -0.508 e. The maximum atomic E-state index is 10.7. The van der Waals surface area contributed by atoms with Crippen LogP contribution in [0.25, 0.3) is 0 Å². The van der Waals surface area contributed by atoms with Gasteiger partial charge in [0.15, 0.2) is 0 Å². The maximum Gasteiger partial charge on any atom is 0.337 e. The Bertz CT molecular complexity index is 418. The predicted octanol–water partition coefficient (Wildman–Crippen LogP) is 1.52. The lowest BCUT2D eigenvalue weighted by Gasteiger charge is -2.06. The molecule has 0 fully saturated rings. The van der Waals surface area contributed by atoms with Gasteiger partial charge in [-0.1, -0.05) is 6.92 Å². The summed E-state index contributed by atoms with van der Waals surface area (Å²) in [5.41, 5.74) is 0.356. The zero-order valence-electron chi connectivity index (χ0n) is 7.61. The molecule has 0 aliphatic heterocycles. The summed E-state index contributed by atoms with van der Waals surface area (Å²) in [6, 6.07) is 4.32. The highest BCUT2D eigenvalue weighted by Crippen LogP contribution is 2.24. The number of hydrogen-bond acceptors (Lipinski definition) is 3. The molecule has 0 saturated heterocycles. The summed E-state index contributed by atoms with van der Waals surface area (Å²) in [7, 11) is 0. The van der Waals surface area contributed by atoms with Gasteiger partial charge in [-0.25, -0.2) is 4.79 Å². The lowest BCUT2D eigenvalue weighted by Crippen LogP contribution is -2.03. The van der Waals surface area contributed by atoms with Crippen LogP contribution in [0.1, 0.15) is 28.4 Å². The molecule has 0 bridgehead atoms. The number of phenols is 1. The Morgan fingerprint density at radius 2 is 2.21 bits per heavy atom. The van der Waals surface area contributed by atoms with Gasteiger partial charge in [-0.3, -0.25) is 0 Å². The number of aromatic hydroxyl groups is 1. The second-order valence-electron chi connectivity index (χ2n) is 2.76. The van der Waals surface area contributed by atoms with Gasteiger partial charge < -0.3 is 10.2 Å². The highest BCUT2D eigenvalue weighted by atomic mass is 16.4. The van der Waals surface area contributed by atoms with Crippen LogP contribution in [0.5, 0.6) is 5.75 Å². The number of carboxylic acid groups (broad SMARTS) is 1. The Hall–Kier alpha value is -2.02. The fraction of sp³-hybridized carbons (Fsp3) is 0.200. The zero-order valence-corrected chi connectivity index (χ0v) is 7.61. The van der Waals surface area contributed by atoms with E-state index < -0.39 is 5.97 Å². The average Bonchev–Trinajstić information content (AvgIpc) is 2.16. The molecular weight excluding hydrogens is 182 g/mol. The van der Waals surface area contributed by atoms with Gasteiger partial charge in [0.05, 0.1) is 11.1 Å². The standard InChI is InChI=1S/C10H9NO3/c1-2-6-8(5-11)7(10(13)14)3-4-9(6)12/h3-4,12H,2H2,1H3,(H,13,14). The molecule has 0 heterocycles. The van der Waals surface area contributed by atoms with Crippen molar-refractivity contribution in [3.8, 4) is 11.8 Å². The van der Waals surface area contributed by atoms with Gasteiger partial charge in [-0.2, -0.15) is 5.26 Å². The molecule has 14 heavy (non-hydrogen) atoms. The topological polar surface area (TPSA) is 81.3 Å². The minimum absolute atomic E-state index is 0.0333. The minimum atomic E-state index is -1.16. The number of carboxylic acids is 1. The predicted molar refractivity (Wildman–Crippen MR) is 49.2 cm³/mol. The first-order valence-corrected chi connectivity index (χ1v) is 4.10. The van der Waals surface area contributed by atoms with Gasteiger partial charge in [0.1, 0.15) is 11.8 Å². The molecule has 0 amide bonds. The third kappa shape index (κ3) is 1.52. The summed E-state index contributed by atoms with van der Waals surface area (Å²) in [5, 5.41) is 26.9. The summed E-state index contributed by atoms with van der Waals surface area (Å²) < 4.78 is 0. The molecular formula is C10H9NO3. The molecule has 0 saturated carbocycles. The second-order valence-corrected chi connectivity index (χ2v) is 2.76. The Labute approximate surface area is 81.0 Å². The molecule has 72 valence electrons. The van der Waals surface area contributed by atoms with Crippen LogP contribution in [0.4, 0.5) is 0 Å². The van der Waals surface area contributed by atoms with E-state index >= 15 is 0 Å². The molecule has 1 aromatic carbocycles. The van der Waals surface area contributed by atoms with Crippen LogP contribution in [0, 0.1) is 11.3 Å². The normalized spacial score (nSPS) is 9.43. The van der Waals surface area contributed by atoms with Crippen LogP contribution >= 0.6 is 0 Å². The number of carbonyl (C=O) groups is 1. The van der Waals surface area contributed by atoms with E-state index in [0.29, 0.717) is 12.0 Å². The zero-order chi connectivity index (χ0) is 10.7. The van der Waals surface area contributed by atoms with Crippen molar-refractivity contribution < 1.29 is 15.0 Å². The highest BCUT2D eigenvalue weighted by molar-refractivity contribution is 5.91. The highest BCUT2D eigenvalue weighted by Gasteiger charge is 2.15. The number of hydrogen-bond donors (Lipinski definition) is 2. The largest absolute Gasteiger partial charge is 0.508 e. The van der Waals surface area contributed by atoms with E-state index in [-0.39, 0.29) is 16.9 Å². The van der Waals surface area contributed by atoms with E-state index in [2.05, 4.69) is 0 Å². The smallest absolute Gasteiger partial charge is 0.337 e. The Morgan fingerprint density at radius 1 is 1.57 bits per heavy atom. The van der Waals surface area contributed by atoms with E-state index in [4.69, 9.17) is 10.4 Å². The number of nitrogens with zero attached hydrogens (tertiary/aromatic N) is 1. The van der Waals surface area contributed by atoms with Crippen LogP contribution < -0.4 is 0 Å². The fourth-order valence-electron chi connectivity index (χ4n) is 1.30. The first-order chi connectivity index (χ1) is 6.61. The van der Waals surface area contributed by atoms with Crippen LogP contribution in [0.15, 0.2) is 12.1 Å². The van der Waals surface area contributed by atoms with Crippen LogP contribution in [0.2, 0.25) is 0 Å². The third-order valence-corrected chi connectivity index (χ3v) is 1.98. The van der Waals surface area contributed by atoms with Crippen molar-refractivity contribution in [2.24, 2.45) is 0 Å². The molecule has 4 heteroatoms. The van der Waals surface area contributed by atoms with Crippen LogP contribution in [0.3, 0.4) is 0 Å². The lowest BCUT2D eigenvalue weighted by molar-refractivity contribution is 0.0696. The molecule has 0 aliphatic carbocycles. The number of aromatic carboxylic acids is 1. The van der Waals surface area contributed by atoms with Crippen molar-refractivity contribution in [2.45, 2.75) is 13.3 Å². The van der Waals surface area contributed by atoms with Crippen molar-refractivity contribution in [1.82, 2.24) is 0 Å². The molecule has 4 nitrogen and oxygen atoms in total. The molecule has 0 radical (unpaired) electrons. The maximum absolute atomic E-state index is 10.7. The van der Waals surface area contributed by atoms with Crippen molar-refractivity contribution in [2.75, 3.05) is 0 Å². The monoisotopic (exact) mass is 191 g/mol. The van der Waals surface area contributed by atoms with E-state index in [1.165, 1.54) is 12.1 Å². The molecule has 0 atom stereocenters. The number of nitriles is 1. The van der Waals surface area contributed by atoms with Gasteiger partial charge >= 0.3 is 5.97 Å². The third-order valence-electron chi connectivity index (χ3n) is 1.98. The molecule has 0 unspecified atom stereocenters. The Balaban J connectivity index is 3.50. The molecule has 2 N–H and O–H groups in total. The number of rotatable bonds is 2. The van der Waals surface area contributed by atoms with Crippen LogP contribution in [-0.2, 0) is 6.42 Å². The average molecular weight is 191 g/mol. The van der Waals surface area contributed by atoms with E-state index in [1.807, 2.05) is 0 Å². The van der Waals surface area contributed by atoms with Crippen LogP contribution in [-0.4, -0.2) is 16.2 Å². The summed E-state index contributed by atoms with van der Waals surface area (Å²) in [6.07, 6.45) is 0.426. The Kier molecular flexibility index (Phi) is 2.73. The molecule has 0 aliphatic rings. The van der Waals surface area contributed by atoms with Gasteiger partial charge in [0.2, 0.25) is 0 Å². The SMILES string of the molecule is CCc1c(O)ccc(C(=O)O)c1C#N. The first kappa shape index (κ1) is 10.1. The van der Waals surface area contributed by atoms with Crippen molar-refractivity contribution in [3.63, 3.8) is 0 Å². The summed E-state index contributed by atoms with van der Waals surface area (Å²) >= 11 is 0. The summed E-state index contributed by atoms with van der Waals surface area (Å²) in [6.45, 7) is 1.75. The molecule has 1 aromatic rings. The molecule has 0 spiro atoms.